The van der Waals surface area contributed by atoms with Gasteiger partial charge in [0.05, 0.1) is 5.52 Å². The molecule has 0 aromatic carbocycles. The minimum absolute atomic E-state index is 0.704. The Kier molecular flexibility index (Phi) is 2.87. The number of nitrogens with two attached hydrogens (primary N) is 1. The highest BCUT2D eigenvalue weighted by Gasteiger charge is 2.04. The van der Waals surface area contributed by atoms with Crippen molar-refractivity contribution in [1.29, 1.82) is 0 Å². The summed E-state index contributed by atoms with van der Waals surface area (Å²) in [6, 6.07) is 4.11. The molecule has 2 aromatic rings. The number of fused-ring (bicyclic) bond motifs is 1. The van der Waals surface area contributed by atoms with Gasteiger partial charge in [-0.05, 0) is 25.1 Å². The lowest BCUT2D eigenvalue weighted by Crippen LogP contribution is -2.10. The highest BCUT2D eigenvalue weighted by molar-refractivity contribution is 5.89. The van der Waals surface area contributed by atoms with Crippen molar-refractivity contribution in [2.75, 3.05) is 18.4 Å². The number of anilines is 1. The van der Waals surface area contributed by atoms with E-state index in [2.05, 4.69) is 20.9 Å². The molecule has 0 spiro atoms. The van der Waals surface area contributed by atoms with Crippen LogP contribution < -0.4 is 11.1 Å². The summed E-state index contributed by atoms with van der Waals surface area (Å²) >= 11 is 0. The molecular formula is C11H16N4. The van der Waals surface area contributed by atoms with E-state index >= 15 is 0 Å². The summed E-state index contributed by atoms with van der Waals surface area (Å²) in [4.78, 5) is 4.34. The maximum Gasteiger partial charge on any atom is 0.150 e. The van der Waals surface area contributed by atoms with Crippen LogP contribution in [0.2, 0.25) is 0 Å². The first-order valence-electron chi connectivity index (χ1n) is 5.17. The minimum Gasteiger partial charge on any atom is -0.368 e. The van der Waals surface area contributed by atoms with Crippen LogP contribution in [0.1, 0.15) is 6.42 Å². The predicted molar refractivity (Wildman–Crippen MR) is 62.9 cm³/mol. The first-order valence-corrected chi connectivity index (χ1v) is 5.17. The molecule has 80 valence electrons. The van der Waals surface area contributed by atoms with Gasteiger partial charge in [0, 0.05) is 31.4 Å². The van der Waals surface area contributed by atoms with Gasteiger partial charge in [-0.15, -0.1) is 0 Å². The monoisotopic (exact) mass is 204 g/mol. The quantitative estimate of drug-likeness (QED) is 0.739. The van der Waals surface area contributed by atoms with E-state index < -0.39 is 0 Å². The number of nitrogens with zero attached hydrogens (tertiary/aromatic N) is 2. The maximum absolute atomic E-state index is 5.45. The zero-order valence-corrected chi connectivity index (χ0v) is 8.90. The topological polar surface area (TPSA) is 55.9 Å². The normalized spacial score (nSPS) is 10.8. The lowest BCUT2D eigenvalue weighted by Gasteiger charge is -2.07. The third-order valence-electron chi connectivity index (χ3n) is 2.46. The molecule has 0 saturated carbocycles. The van der Waals surface area contributed by atoms with Crippen molar-refractivity contribution in [2.24, 2.45) is 12.8 Å². The summed E-state index contributed by atoms with van der Waals surface area (Å²) in [6.07, 6.45) is 4.83. The Morgan fingerprint density at radius 2 is 2.33 bits per heavy atom. The molecule has 15 heavy (non-hydrogen) atoms. The molecule has 4 nitrogen and oxygen atoms in total. The average molecular weight is 204 g/mol. The Morgan fingerprint density at radius 3 is 3.13 bits per heavy atom. The van der Waals surface area contributed by atoms with E-state index in [1.807, 2.05) is 25.5 Å². The van der Waals surface area contributed by atoms with Crippen molar-refractivity contribution in [3.05, 3.63) is 24.5 Å². The van der Waals surface area contributed by atoms with Gasteiger partial charge < -0.3 is 15.6 Å². The van der Waals surface area contributed by atoms with Crippen LogP contribution in [0, 0.1) is 0 Å². The first-order chi connectivity index (χ1) is 7.33. The molecule has 2 rings (SSSR count). The number of aromatic nitrogens is 2. The van der Waals surface area contributed by atoms with E-state index in [0.717, 1.165) is 24.3 Å². The molecule has 2 heterocycles. The molecule has 0 radical (unpaired) electrons. The van der Waals surface area contributed by atoms with Crippen molar-refractivity contribution in [1.82, 2.24) is 9.55 Å². The van der Waals surface area contributed by atoms with Crippen LogP contribution in [-0.4, -0.2) is 22.6 Å². The Balaban J connectivity index is 2.29. The van der Waals surface area contributed by atoms with Crippen LogP contribution >= 0.6 is 0 Å². The van der Waals surface area contributed by atoms with E-state index in [0.29, 0.717) is 6.54 Å². The van der Waals surface area contributed by atoms with Crippen molar-refractivity contribution in [2.45, 2.75) is 6.42 Å². The molecule has 3 N–H and O–H groups in total. The zero-order valence-electron chi connectivity index (χ0n) is 8.90. The van der Waals surface area contributed by atoms with E-state index in [4.69, 9.17) is 5.73 Å². The Bertz CT molecular complexity index is 447. The molecule has 0 fully saturated rings. The van der Waals surface area contributed by atoms with Gasteiger partial charge in [0.15, 0.2) is 5.82 Å². The van der Waals surface area contributed by atoms with Crippen LogP contribution in [0.15, 0.2) is 24.5 Å². The highest BCUT2D eigenvalue weighted by atomic mass is 15.0. The second kappa shape index (κ2) is 4.31. The van der Waals surface area contributed by atoms with E-state index in [-0.39, 0.29) is 0 Å². The molecule has 0 saturated heterocycles. The van der Waals surface area contributed by atoms with E-state index in [9.17, 15) is 0 Å². The van der Waals surface area contributed by atoms with Gasteiger partial charge in [-0.1, -0.05) is 0 Å². The molecule has 0 unspecified atom stereocenters. The number of rotatable bonds is 4. The summed E-state index contributed by atoms with van der Waals surface area (Å²) in [6.45, 7) is 1.57. The van der Waals surface area contributed by atoms with Crippen LogP contribution in [0.5, 0.6) is 0 Å². The molecular weight excluding hydrogens is 188 g/mol. The zero-order chi connectivity index (χ0) is 10.7. The van der Waals surface area contributed by atoms with Crippen molar-refractivity contribution in [3.8, 4) is 0 Å². The van der Waals surface area contributed by atoms with Crippen molar-refractivity contribution in [3.63, 3.8) is 0 Å². The van der Waals surface area contributed by atoms with Gasteiger partial charge in [-0.3, -0.25) is 0 Å². The molecule has 0 aliphatic carbocycles. The van der Waals surface area contributed by atoms with Crippen LogP contribution in [-0.2, 0) is 7.05 Å². The van der Waals surface area contributed by atoms with Crippen LogP contribution in [0.25, 0.3) is 10.9 Å². The third kappa shape index (κ3) is 1.94. The summed E-state index contributed by atoms with van der Waals surface area (Å²) in [5, 5.41) is 4.51. The molecule has 2 aromatic heterocycles. The van der Waals surface area contributed by atoms with Gasteiger partial charge in [0.25, 0.3) is 0 Å². The Labute approximate surface area is 89.1 Å². The lowest BCUT2D eigenvalue weighted by atomic mass is 10.3. The fourth-order valence-corrected chi connectivity index (χ4v) is 1.68. The number of aryl methyl sites for hydroxylation is 1. The minimum atomic E-state index is 0.704. The standard InChI is InChI=1S/C11H16N4/c1-15-8-4-9-3-7-14-11(10(9)15)13-6-2-5-12/h3-4,7-8H,2,5-6,12H2,1H3,(H,13,14). The average Bonchev–Trinajstić information content (AvgIpc) is 2.62. The second-order valence-corrected chi connectivity index (χ2v) is 3.59. The van der Waals surface area contributed by atoms with Gasteiger partial charge >= 0.3 is 0 Å². The molecule has 0 aliphatic rings. The first kappa shape index (κ1) is 9.98. The molecule has 0 amide bonds. The van der Waals surface area contributed by atoms with Crippen molar-refractivity contribution >= 4 is 16.7 Å². The number of hydrogen-bond acceptors (Lipinski definition) is 3. The summed E-state index contributed by atoms with van der Waals surface area (Å²) in [5.41, 5.74) is 6.60. The lowest BCUT2D eigenvalue weighted by molar-refractivity contribution is 0.869. The van der Waals surface area contributed by atoms with Crippen LogP contribution in [0.4, 0.5) is 5.82 Å². The second-order valence-electron chi connectivity index (χ2n) is 3.59. The number of nitrogens with one attached hydrogen (secondary N) is 1. The summed E-state index contributed by atoms with van der Waals surface area (Å²) < 4.78 is 2.08. The number of pyridine rings is 1. The van der Waals surface area contributed by atoms with Gasteiger partial charge in [-0.25, -0.2) is 4.98 Å². The fraction of sp³-hybridized carbons (Fsp3) is 0.364. The fourth-order valence-electron chi connectivity index (χ4n) is 1.68. The SMILES string of the molecule is Cn1ccc2ccnc(NCCCN)c21. The van der Waals surface area contributed by atoms with E-state index in [1.165, 1.54) is 5.39 Å². The Morgan fingerprint density at radius 1 is 1.47 bits per heavy atom. The number of hydrogen-bond donors (Lipinski definition) is 2. The van der Waals surface area contributed by atoms with E-state index in [1.54, 1.807) is 0 Å². The summed E-state index contributed by atoms with van der Waals surface area (Å²) in [5.74, 6) is 0.938. The molecule has 0 atom stereocenters. The van der Waals surface area contributed by atoms with Crippen LogP contribution in [0.3, 0.4) is 0 Å². The largest absolute Gasteiger partial charge is 0.368 e. The third-order valence-corrected chi connectivity index (χ3v) is 2.46. The highest BCUT2D eigenvalue weighted by Crippen LogP contribution is 2.20. The molecule has 4 heteroatoms. The molecule has 0 aliphatic heterocycles. The van der Waals surface area contributed by atoms with Gasteiger partial charge in [-0.2, -0.15) is 0 Å². The van der Waals surface area contributed by atoms with Gasteiger partial charge in [0.1, 0.15) is 0 Å². The Hall–Kier alpha value is -1.55. The smallest absolute Gasteiger partial charge is 0.150 e. The predicted octanol–water partition coefficient (Wildman–Crippen LogP) is 1.33. The van der Waals surface area contributed by atoms with Gasteiger partial charge in [0.2, 0.25) is 0 Å². The summed E-state index contributed by atoms with van der Waals surface area (Å²) in [7, 11) is 2.03. The molecule has 0 bridgehead atoms. The van der Waals surface area contributed by atoms with Crippen molar-refractivity contribution < 1.29 is 0 Å². The maximum atomic E-state index is 5.45.